The Morgan fingerprint density at radius 1 is 1.30 bits per heavy atom. The Labute approximate surface area is 146 Å². The lowest BCUT2D eigenvalue weighted by atomic mass is 9.95. The van der Waals surface area contributed by atoms with Crippen molar-refractivity contribution < 1.29 is 0 Å². The molecular formula is C22H28S. The predicted octanol–water partition coefficient (Wildman–Crippen LogP) is 6.97. The molecule has 2 rings (SSSR count). The third-order valence-electron chi connectivity index (χ3n) is 4.42. The monoisotopic (exact) mass is 324 g/mol. The fraction of sp³-hybridized carbons (Fsp3) is 0.364. The highest BCUT2D eigenvalue weighted by atomic mass is 32.2. The zero-order valence-electron chi connectivity index (χ0n) is 14.6. The van der Waals surface area contributed by atoms with Gasteiger partial charge in [-0.15, -0.1) is 11.8 Å². The summed E-state index contributed by atoms with van der Waals surface area (Å²) in [7, 11) is 0. The standard InChI is InChI=1S/C22H28S/c1-5-19-10-9-11-20(18(4)14-19)15-21(17(2)3)16-23-22-12-7-6-8-13-22/h6-10,12-13,15,19H,2,5,11,14,16H2,1,3-4H3/b21-15+. The summed E-state index contributed by atoms with van der Waals surface area (Å²) in [5, 5.41) is 0. The molecule has 0 N–H and O–H groups in total. The average Bonchev–Trinajstić information content (AvgIpc) is 2.73. The van der Waals surface area contributed by atoms with Crippen LogP contribution < -0.4 is 0 Å². The summed E-state index contributed by atoms with van der Waals surface area (Å²) in [6.07, 6.45) is 10.6. The lowest BCUT2D eigenvalue weighted by molar-refractivity contribution is 0.622. The van der Waals surface area contributed by atoms with Crippen LogP contribution >= 0.6 is 11.8 Å². The summed E-state index contributed by atoms with van der Waals surface area (Å²) in [4.78, 5) is 1.32. The van der Waals surface area contributed by atoms with Crippen molar-refractivity contribution in [2.24, 2.45) is 5.92 Å². The van der Waals surface area contributed by atoms with Gasteiger partial charge in [0.15, 0.2) is 0 Å². The number of benzene rings is 1. The lowest BCUT2D eigenvalue weighted by Gasteiger charge is -2.12. The highest BCUT2D eigenvalue weighted by molar-refractivity contribution is 7.99. The highest BCUT2D eigenvalue weighted by Crippen LogP contribution is 2.29. The second kappa shape index (κ2) is 8.98. The molecule has 0 aliphatic heterocycles. The molecule has 23 heavy (non-hydrogen) atoms. The minimum Gasteiger partial charge on any atom is -0.121 e. The molecule has 0 aromatic heterocycles. The number of thioether (sulfide) groups is 1. The zero-order valence-corrected chi connectivity index (χ0v) is 15.5. The summed E-state index contributed by atoms with van der Waals surface area (Å²) >= 11 is 1.89. The molecule has 0 nitrogen and oxygen atoms in total. The fourth-order valence-corrected chi connectivity index (χ4v) is 3.79. The van der Waals surface area contributed by atoms with Crippen LogP contribution in [0.4, 0.5) is 0 Å². The van der Waals surface area contributed by atoms with Gasteiger partial charge < -0.3 is 0 Å². The van der Waals surface area contributed by atoms with Gasteiger partial charge in [0.2, 0.25) is 0 Å². The quantitative estimate of drug-likeness (QED) is 0.309. The maximum Gasteiger partial charge on any atom is 0.0234 e. The van der Waals surface area contributed by atoms with Crippen LogP contribution in [0.15, 0.2) is 82.3 Å². The van der Waals surface area contributed by atoms with E-state index in [4.69, 9.17) is 0 Å². The summed E-state index contributed by atoms with van der Waals surface area (Å²) in [5.41, 5.74) is 5.54. The van der Waals surface area contributed by atoms with Crippen LogP contribution in [0, 0.1) is 5.92 Å². The van der Waals surface area contributed by atoms with Gasteiger partial charge in [-0.25, -0.2) is 0 Å². The summed E-state index contributed by atoms with van der Waals surface area (Å²) in [6, 6.07) is 10.6. The minimum absolute atomic E-state index is 0.702. The van der Waals surface area contributed by atoms with E-state index in [2.05, 4.69) is 75.9 Å². The molecule has 1 aliphatic rings. The van der Waals surface area contributed by atoms with Crippen LogP contribution in [0.5, 0.6) is 0 Å². The Morgan fingerprint density at radius 3 is 2.70 bits per heavy atom. The lowest BCUT2D eigenvalue weighted by Crippen LogP contribution is -1.96. The molecule has 1 aromatic carbocycles. The molecule has 0 bridgehead atoms. The van der Waals surface area contributed by atoms with Crippen LogP contribution in [-0.2, 0) is 0 Å². The average molecular weight is 325 g/mol. The number of allylic oxidation sites excluding steroid dienone is 6. The number of hydrogen-bond acceptors (Lipinski definition) is 1. The second-order valence-corrected chi connectivity index (χ2v) is 7.41. The van der Waals surface area contributed by atoms with E-state index in [0.717, 1.165) is 12.2 Å². The summed E-state index contributed by atoms with van der Waals surface area (Å²) in [6.45, 7) is 10.9. The van der Waals surface area contributed by atoms with Crippen molar-refractivity contribution >= 4 is 11.8 Å². The van der Waals surface area contributed by atoms with Crippen molar-refractivity contribution in [1.29, 1.82) is 0 Å². The molecule has 0 spiro atoms. The molecule has 0 saturated carbocycles. The van der Waals surface area contributed by atoms with Crippen molar-refractivity contribution in [1.82, 2.24) is 0 Å². The van der Waals surface area contributed by atoms with E-state index in [1.54, 1.807) is 0 Å². The van der Waals surface area contributed by atoms with Crippen LogP contribution in [-0.4, -0.2) is 5.75 Å². The molecule has 1 aromatic rings. The fourth-order valence-electron chi connectivity index (χ4n) is 2.79. The van der Waals surface area contributed by atoms with Crippen LogP contribution in [0.2, 0.25) is 0 Å². The van der Waals surface area contributed by atoms with Crippen LogP contribution in [0.1, 0.15) is 40.0 Å². The maximum atomic E-state index is 4.19. The highest BCUT2D eigenvalue weighted by Gasteiger charge is 2.11. The Bertz CT molecular complexity index is 617. The first-order valence-electron chi connectivity index (χ1n) is 8.49. The van der Waals surface area contributed by atoms with Gasteiger partial charge in [0.05, 0.1) is 0 Å². The van der Waals surface area contributed by atoms with E-state index in [0.29, 0.717) is 5.92 Å². The first-order chi connectivity index (χ1) is 11.1. The second-order valence-electron chi connectivity index (χ2n) is 6.36. The van der Waals surface area contributed by atoms with Crippen molar-refractivity contribution in [2.75, 3.05) is 5.75 Å². The van der Waals surface area contributed by atoms with Crippen LogP contribution in [0.3, 0.4) is 0 Å². The maximum absolute atomic E-state index is 4.19. The van der Waals surface area contributed by atoms with Crippen molar-refractivity contribution in [3.05, 3.63) is 77.4 Å². The number of hydrogen-bond donors (Lipinski definition) is 0. The Morgan fingerprint density at radius 2 is 2.04 bits per heavy atom. The van der Waals surface area contributed by atoms with Gasteiger partial charge in [-0.1, -0.05) is 61.1 Å². The molecular weight excluding hydrogens is 296 g/mol. The zero-order chi connectivity index (χ0) is 16.7. The first-order valence-corrected chi connectivity index (χ1v) is 9.48. The first kappa shape index (κ1) is 17.9. The number of rotatable bonds is 6. The molecule has 122 valence electrons. The van der Waals surface area contributed by atoms with E-state index in [9.17, 15) is 0 Å². The van der Waals surface area contributed by atoms with E-state index >= 15 is 0 Å². The van der Waals surface area contributed by atoms with E-state index < -0.39 is 0 Å². The third-order valence-corrected chi connectivity index (χ3v) is 5.48. The molecule has 0 radical (unpaired) electrons. The van der Waals surface area contributed by atoms with Crippen molar-refractivity contribution in [3.8, 4) is 0 Å². The van der Waals surface area contributed by atoms with Gasteiger partial charge in [-0.2, -0.15) is 0 Å². The molecule has 1 aliphatic carbocycles. The molecule has 0 saturated heterocycles. The molecule has 1 heteroatoms. The largest absolute Gasteiger partial charge is 0.121 e. The van der Waals surface area contributed by atoms with Gasteiger partial charge in [-0.3, -0.25) is 0 Å². The summed E-state index contributed by atoms with van der Waals surface area (Å²) < 4.78 is 0. The van der Waals surface area contributed by atoms with Crippen molar-refractivity contribution in [3.63, 3.8) is 0 Å². The molecule has 0 heterocycles. The van der Waals surface area contributed by atoms with Gasteiger partial charge >= 0.3 is 0 Å². The smallest absolute Gasteiger partial charge is 0.0234 e. The molecule has 0 fully saturated rings. The Hall–Kier alpha value is -1.47. The van der Waals surface area contributed by atoms with Gasteiger partial charge in [0.1, 0.15) is 0 Å². The Balaban J connectivity index is 2.14. The molecule has 1 unspecified atom stereocenters. The molecule has 1 atom stereocenters. The third kappa shape index (κ3) is 5.58. The normalized spacial score (nSPS) is 18.9. The topological polar surface area (TPSA) is 0 Å². The van der Waals surface area contributed by atoms with Crippen molar-refractivity contribution in [2.45, 2.75) is 44.9 Å². The van der Waals surface area contributed by atoms with E-state index in [-0.39, 0.29) is 0 Å². The Kier molecular flexibility index (Phi) is 6.98. The molecule has 0 amide bonds. The van der Waals surface area contributed by atoms with Gasteiger partial charge in [0.25, 0.3) is 0 Å². The SMILES string of the molecule is C=C(C)/C(=C/C1=C(C)CC(CC)C=CC1)CSc1ccccc1. The predicted molar refractivity (Wildman–Crippen MR) is 105 cm³/mol. The van der Waals surface area contributed by atoms with E-state index in [1.165, 1.54) is 40.0 Å². The van der Waals surface area contributed by atoms with E-state index in [1.807, 2.05) is 11.8 Å². The van der Waals surface area contributed by atoms with Crippen LogP contribution in [0.25, 0.3) is 0 Å². The van der Waals surface area contributed by atoms with Gasteiger partial charge in [0, 0.05) is 10.6 Å². The summed E-state index contributed by atoms with van der Waals surface area (Å²) in [5.74, 6) is 1.68. The minimum atomic E-state index is 0.702. The van der Waals surface area contributed by atoms with Gasteiger partial charge in [-0.05, 0) is 62.3 Å².